The number of carbonyl (C=O) groups excluding carboxylic acids is 1. The van der Waals surface area contributed by atoms with Crippen LogP contribution in [0.1, 0.15) is 36.8 Å². The van der Waals surface area contributed by atoms with E-state index in [9.17, 15) is 4.79 Å². The first-order valence-corrected chi connectivity index (χ1v) is 10.0. The van der Waals surface area contributed by atoms with Gasteiger partial charge in [0.1, 0.15) is 5.75 Å². The molecule has 3 fully saturated rings. The number of hydrogen-bond donors (Lipinski definition) is 1. The van der Waals surface area contributed by atoms with Gasteiger partial charge in [0.05, 0.1) is 12.5 Å². The summed E-state index contributed by atoms with van der Waals surface area (Å²) in [6.07, 6.45) is 4.18. The number of carbonyl (C=O) groups is 1. The van der Waals surface area contributed by atoms with Crippen molar-refractivity contribution in [3.63, 3.8) is 0 Å². The average molecular weight is 357 g/mol. The summed E-state index contributed by atoms with van der Waals surface area (Å²) in [5.41, 5.74) is 1.94. The summed E-state index contributed by atoms with van der Waals surface area (Å²) >= 11 is 0. The van der Waals surface area contributed by atoms with Crippen molar-refractivity contribution in [2.24, 2.45) is 0 Å². The SMILES string of the molecule is COc1cc(C2(C(=O)N3CCC(N4CCNCC4)C3)CCC2)ccc1C. The molecule has 0 bridgehead atoms. The van der Waals surface area contributed by atoms with E-state index in [-0.39, 0.29) is 5.41 Å². The molecule has 1 aromatic rings. The molecule has 2 heterocycles. The first-order chi connectivity index (χ1) is 12.6. The zero-order chi connectivity index (χ0) is 18.1. The fourth-order valence-corrected chi connectivity index (χ4v) is 4.85. The van der Waals surface area contributed by atoms with Gasteiger partial charge in [0, 0.05) is 45.3 Å². The summed E-state index contributed by atoms with van der Waals surface area (Å²) in [6, 6.07) is 6.86. The highest BCUT2D eigenvalue weighted by atomic mass is 16.5. The van der Waals surface area contributed by atoms with E-state index in [1.807, 2.05) is 0 Å². The van der Waals surface area contributed by atoms with Crippen molar-refractivity contribution < 1.29 is 9.53 Å². The summed E-state index contributed by atoms with van der Waals surface area (Å²) in [5, 5.41) is 3.42. The van der Waals surface area contributed by atoms with Gasteiger partial charge < -0.3 is 15.0 Å². The van der Waals surface area contributed by atoms with Crippen LogP contribution in [-0.2, 0) is 10.2 Å². The molecular formula is C21H31N3O2. The zero-order valence-electron chi connectivity index (χ0n) is 16.1. The van der Waals surface area contributed by atoms with Crippen LogP contribution in [0.2, 0.25) is 0 Å². The molecule has 142 valence electrons. The summed E-state index contributed by atoms with van der Waals surface area (Å²) in [7, 11) is 1.71. The lowest BCUT2D eigenvalue weighted by molar-refractivity contribution is -0.140. The molecule has 0 aromatic heterocycles. The Balaban J connectivity index is 1.51. The van der Waals surface area contributed by atoms with E-state index in [0.29, 0.717) is 11.9 Å². The van der Waals surface area contributed by atoms with Crippen LogP contribution >= 0.6 is 0 Å². The van der Waals surface area contributed by atoms with E-state index >= 15 is 0 Å². The molecule has 0 radical (unpaired) electrons. The van der Waals surface area contributed by atoms with E-state index in [2.05, 4.69) is 40.2 Å². The molecular weight excluding hydrogens is 326 g/mol. The van der Waals surface area contributed by atoms with E-state index in [0.717, 1.165) is 81.8 Å². The molecule has 5 heteroatoms. The van der Waals surface area contributed by atoms with E-state index in [1.165, 1.54) is 0 Å². The van der Waals surface area contributed by atoms with Crippen molar-refractivity contribution in [1.29, 1.82) is 0 Å². The lowest BCUT2D eigenvalue weighted by Gasteiger charge is -2.43. The largest absolute Gasteiger partial charge is 0.496 e. The van der Waals surface area contributed by atoms with Crippen LogP contribution in [0.4, 0.5) is 0 Å². The van der Waals surface area contributed by atoms with Gasteiger partial charge in [-0.1, -0.05) is 18.6 Å². The predicted molar refractivity (Wildman–Crippen MR) is 103 cm³/mol. The standard InChI is InChI=1S/C21H31N3O2/c1-16-4-5-17(14-19(16)26-2)21(7-3-8-21)20(25)24-11-6-18(15-24)23-12-9-22-10-13-23/h4-5,14,18,22H,3,6-13,15H2,1-2H3. The minimum absolute atomic E-state index is 0.320. The molecule has 26 heavy (non-hydrogen) atoms. The lowest BCUT2D eigenvalue weighted by Crippen LogP contribution is -2.52. The maximum atomic E-state index is 13.5. The number of ether oxygens (including phenoxy) is 1. The average Bonchev–Trinajstić information content (AvgIpc) is 3.13. The molecule has 1 aliphatic carbocycles. The Bertz CT molecular complexity index is 665. The number of rotatable bonds is 4. The van der Waals surface area contributed by atoms with Crippen molar-refractivity contribution >= 4 is 5.91 Å². The number of benzene rings is 1. The molecule has 1 N–H and O–H groups in total. The Hall–Kier alpha value is -1.59. The van der Waals surface area contributed by atoms with Crippen LogP contribution in [0.25, 0.3) is 0 Å². The second-order valence-corrected chi connectivity index (χ2v) is 8.10. The van der Waals surface area contributed by atoms with Gasteiger partial charge in [-0.25, -0.2) is 0 Å². The van der Waals surface area contributed by atoms with Crippen molar-refractivity contribution in [1.82, 2.24) is 15.1 Å². The Kier molecular flexibility index (Phi) is 4.93. The molecule has 5 nitrogen and oxygen atoms in total. The first kappa shape index (κ1) is 17.8. The van der Waals surface area contributed by atoms with Gasteiger partial charge in [-0.05, 0) is 43.4 Å². The Morgan fingerprint density at radius 2 is 2.00 bits per heavy atom. The number of aryl methyl sites for hydroxylation is 1. The van der Waals surface area contributed by atoms with Gasteiger partial charge in [-0.2, -0.15) is 0 Å². The van der Waals surface area contributed by atoms with Gasteiger partial charge in [0.2, 0.25) is 5.91 Å². The lowest BCUT2D eigenvalue weighted by atomic mass is 9.63. The summed E-state index contributed by atoms with van der Waals surface area (Å²) in [5.74, 6) is 1.23. The van der Waals surface area contributed by atoms with Crippen LogP contribution < -0.4 is 10.1 Å². The molecule has 1 amide bonds. The number of methoxy groups -OCH3 is 1. The Morgan fingerprint density at radius 1 is 1.23 bits per heavy atom. The predicted octanol–water partition coefficient (Wildman–Crippen LogP) is 1.93. The van der Waals surface area contributed by atoms with Crippen molar-refractivity contribution in [3.8, 4) is 5.75 Å². The Labute approximate surface area is 156 Å². The molecule has 0 spiro atoms. The maximum absolute atomic E-state index is 13.5. The van der Waals surface area contributed by atoms with Crippen LogP contribution in [0.3, 0.4) is 0 Å². The third-order valence-corrected chi connectivity index (χ3v) is 6.70. The number of nitrogens with one attached hydrogen (secondary N) is 1. The monoisotopic (exact) mass is 357 g/mol. The molecule has 1 aromatic carbocycles. The van der Waals surface area contributed by atoms with Crippen molar-refractivity contribution in [3.05, 3.63) is 29.3 Å². The molecule has 1 atom stereocenters. The van der Waals surface area contributed by atoms with Crippen molar-refractivity contribution in [2.75, 3.05) is 46.4 Å². The van der Waals surface area contributed by atoms with Crippen LogP contribution in [0.15, 0.2) is 18.2 Å². The second kappa shape index (κ2) is 7.20. The van der Waals surface area contributed by atoms with Gasteiger partial charge >= 0.3 is 0 Å². The van der Waals surface area contributed by atoms with Gasteiger partial charge in [-0.15, -0.1) is 0 Å². The zero-order valence-corrected chi connectivity index (χ0v) is 16.1. The Morgan fingerprint density at radius 3 is 2.65 bits per heavy atom. The molecule has 1 unspecified atom stereocenters. The molecule has 1 saturated carbocycles. The first-order valence-electron chi connectivity index (χ1n) is 10.0. The van der Waals surface area contributed by atoms with Crippen LogP contribution in [-0.4, -0.2) is 68.1 Å². The van der Waals surface area contributed by atoms with Gasteiger partial charge in [-0.3, -0.25) is 9.69 Å². The van der Waals surface area contributed by atoms with Crippen molar-refractivity contribution in [2.45, 2.75) is 44.1 Å². The number of nitrogens with zero attached hydrogens (tertiary/aromatic N) is 2. The highest BCUT2D eigenvalue weighted by Gasteiger charge is 2.49. The molecule has 2 saturated heterocycles. The third kappa shape index (κ3) is 3.01. The van der Waals surface area contributed by atoms with E-state index < -0.39 is 0 Å². The topological polar surface area (TPSA) is 44.8 Å². The number of hydrogen-bond acceptors (Lipinski definition) is 4. The normalized spacial score (nSPS) is 25.8. The van der Waals surface area contributed by atoms with Gasteiger partial charge in [0.25, 0.3) is 0 Å². The van der Waals surface area contributed by atoms with Crippen LogP contribution in [0.5, 0.6) is 5.75 Å². The van der Waals surface area contributed by atoms with E-state index in [1.54, 1.807) is 7.11 Å². The summed E-state index contributed by atoms with van der Waals surface area (Å²) < 4.78 is 5.51. The molecule has 4 rings (SSSR count). The minimum Gasteiger partial charge on any atom is -0.496 e. The number of amides is 1. The highest BCUT2D eigenvalue weighted by molar-refractivity contribution is 5.89. The summed E-state index contributed by atoms with van der Waals surface area (Å²) in [6.45, 7) is 8.19. The van der Waals surface area contributed by atoms with E-state index in [4.69, 9.17) is 4.74 Å². The molecule has 2 aliphatic heterocycles. The highest BCUT2D eigenvalue weighted by Crippen LogP contribution is 2.46. The quantitative estimate of drug-likeness (QED) is 0.894. The number of likely N-dealkylation sites (tertiary alicyclic amines) is 1. The fraction of sp³-hybridized carbons (Fsp3) is 0.667. The maximum Gasteiger partial charge on any atom is 0.233 e. The minimum atomic E-state index is -0.320. The third-order valence-electron chi connectivity index (χ3n) is 6.70. The smallest absolute Gasteiger partial charge is 0.233 e. The second-order valence-electron chi connectivity index (χ2n) is 8.10. The van der Waals surface area contributed by atoms with Crippen LogP contribution in [0, 0.1) is 6.92 Å². The van der Waals surface area contributed by atoms with Gasteiger partial charge in [0.15, 0.2) is 0 Å². The molecule has 3 aliphatic rings. The number of piperazine rings is 1. The fourth-order valence-electron chi connectivity index (χ4n) is 4.85. The summed E-state index contributed by atoms with van der Waals surface area (Å²) in [4.78, 5) is 18.2.